The molecule has 2 aromatic carbocycles. The maximum Gasteiger partial charge on any atom is 0.336 e. The summed E-state index contributed by atoms with van der Waals surface area (Å²) >= 11 is 0. The molecule has 1 aliphatic rings. The Morgan fingerprint density at radius 3 is 2.83 bits per heavy atom. The lowest BCUT2D eigenvalue weighted by atomic mass is 9.86. The topological polar surface area (TPSA) is 46.8 Å². The Hall–Kier alpha value is -2.13. The summed E-state index contributed by atoms with van der Waals surface area (Å²) in [6.45, 7) is 3.19. The van der Waals surface area contributed by atoms with E-state index in [9.17, 15) is 4.79 Å². The fraction of sp³-hybridized carbons (Fsp3) is 0.381. The van der Waals surface area contributed by atoms with Crippen molar-refractivity contribution in [1.82, 2.24) is 0 Å². The second-order valence-corrected chi connectivity index (χ2v) is 7.12. The van der Waals surface area contributed by atoms with E-state index < -0.39 is 0 Å². The number of rotatable bonds is 3. The summed E-state index contributed by atoms with van der Waals surface area (Å²) in [6.07, 6.45) is 5.28. The number of nitrogens with two attached hydrogens (primary N) is 1. The van der Waals surface area contributed by atoms with Gasteiger partial charge in [0.05, 0.1) is 6.04 Å². The maximum atomic E-state index is 12.0. The summed E-state index contributed by atoms with van der Waals surface area (Å²) in [5.74, 6) is 0.752. The van der Waals surface area contributed by atoms with E-state index in [1.165, 1.54) is 36.5 Å². The van der Waals surface area contributed by atoms with Gasteiger partial charge in [-0.05, 0) is 36.1 Å². The van der Waals surface area contributed by atoms with Crippen molar-refractivity contribution >= 4 is 21.7 Å². The Morgan fingerprint density at radius 2 is 1.96 bits per heavy atom. The molecule has 0 radical (unpaired) electrons. The molecule has 4 rings (SSSR count). The lowest BCUT2D eigenvalue weighted by Crippen LogP contribution is -2.90. The minimum Gasteiger partial charge on any atom is -0.423 e. The molecule has 0 unspecified atom stereocenters. The monoisotopic (exact) mass is 322 g/mol. The molecular formula is C21H24NO2+. The average molecular weight is 322 g/mol. The highest BCUT2D eigenvalue weighted by Crippen LogP contribution is 2.27. The van der Waals surface area contributed by atoms with Gasteiger partial charge in [0.1, 0.15) is 12.1 Å². The van der Waals surface area contributed by atoms with Crippen LogP contribution in [0.3, 0.4) is 0 Å². The van der Waals surface area contributed by atoms with Gasteiger partial charge in [-0.3, -0.25) is 0 Å². The lowest BCUT2D eigenvalue weighted by Gasteiger charge is -2.26. The van der Waals surface area contributed by atoms with E-state index in [0.717, 1.165) is 23.4 Å². The molecule has 0 saturated heterocycles. The second-order valence-electron chi connectivity index (χ2n) is 7.12. The van der Waals surface area contributed by atoms with Crippen molar-refractivity contribution in [1.29, 1.82) is 0 Å². The van der Waals surface area contributed by atoms with Crippen molar-refractivity contribution in [3.63, 3.8) is 0 Å². The number of hydrogen-bond acceptors (Lipinski definition) is 2. The molecule has 2 N–H and O–H groups in total. The highest BCUT2D eigenvalue weighted by atomic mass is 16.4. The Labute approximate surface area is 141 Å². The molecule has 0 spiro atoms. The smallest absolute Gasteiger partial charge is 0.336 e. The van der Waals surface area contributed by atoms with Crippen LogP contribution in [-0.2, 0) is 6.54 Å². The highest BCUT2D eigenvalue weighted by molar-refractivity contribution is 6.06. The van der Waals surface area contributed by atoms with Crippen LogP contribution in [-0.4, -0.2) is 6.04 Å². The van der Waals surface area contributed by atoms with Crippen LogP contribution >= 0.6 is 0 Å². The molecule has 24 heavy (non-hydrogen) atoms. The molecule has 1 aromatic heterocycles. The summed E-state index contributed by atoms with van der Waals surface area (Å²) in [7, 11) is 0. The quantitative estimate of drug-likeness (QED) is 0.592. The van der Waals surface area contributed by atoms with Gasteiger partial charge in [0.25, 0.3) is 0 Å². The van der Waals surface area contributed by atoms with E-state index in [2.05, 4.69) is 24.4 Å². The van der Waals surface area contributed by atoms with Crippen molar-refractivity contribution in [2.45, 2.75) is 45.2 Å². The summed E-state index contributed by atoms with van der Waals surface area (Å²) in [6, 6.07) is 14.6. The Bertz CT molecular complexity index is 928. The van der Waals surface area contributed by atoms with Crippen LogP contribution in [0, 0.1) is 5.92 Å². The van der Waals surface area contributed by atoms with Gasteiger partial charge in [0.2, 0.25) is 0 Å². The molecule has 1 heterocycles. The number of hydrogen-bond donors (Lipinski definition) is 1. The molecule has 3 aromatic rings. The Balaban J connectivity index is 1.76. The normalized spacial score (nSPS) is 21.4. The van der Waals surface area contributed by atoms with Gasteiger partial charge in [0, 0.05) is 22.9 Å². The lowest BCUT2D eigenvalue weighted by molar-refractivity contribution is -0.712. The van der Waals surface area contributed by atoms with Crippen LogP contribution in [0.4, 0.5) is 0 Å². The third kappa shape index (κ3) is 2.84. The third-order valence-electron chi connectivity index (χ3n) is 5.53. The molecule has 1 saturated carbocycles. The van der Waals surface area contributed by atoms with Crippen LogP contribution in [0.1, 0.15) is 38.2 Å². The molecular weight excluding hydrogens is 298 g/mol. The Morgan fingerprint density at radius 1 is 1.12 bits per heavy atom. The molecule has 124 valence electrons. The molecule has 0 bridgehead atoms. The molecule has 1 fully saturated rings. The van der Waals surface area contributed by atoms with E-state index in [-0.39, 0.29) is 5.63 Å². The minimum absolute atomic E-state index is 0.252. The zero-order valence-electron chi connectivity index (χ0n) is 14.1. The van der Waals surface area contributed by atoms with Gasteiger partial charge in [0.15, 0.2) is 0 Å². The first-order chi connectivity index (χ1) is 11.7. The van der Waals surface area contributed by atoms with Crippen LogP contribution < -0.4 is 10.9 Å². The first-order valence-electron chi connectivity index (χ1n) is 9.00. The average Bonchev–Trinajstić information content (AvgIpc) is 2.60. The minimum atomic E-state index is -0.252. The van der Waals surface area contributed by atoms with Crippen molar-refractivity contribution in [2.75, 3.05) is 0 Å². The Kier molecular flexibility index (Phi) is 4.11. The van der Waals surface area contributed by atoms with Crippen LogP contribution in [0.15, 0.2) is 51.7 Å². The predicted molar refractivity (Wildman–Crippen MR) is 97.0 cm³/mol. The van der Waals surface area contributed by atoms with Crippen molar-refractivity contribution < 1.29 is 9.73 Å². The van der Waals surface area contributed by atoms with Gasteiger partial charge in [-0.1, -0.05) is 43.7 Å². The molecule has 3 nitrogen and oxygen atoms in total. The van der Waals surface area contributed by atoms with Gasteiger partial charge >= 0.3 is 5.63 Å². The van der Waals surface area contributed by atoms with E-state index in [1.807, 2.05) is 24.3 Å². The zero-order valence-corrected chi connectivity index (χ0v) is 14.1. The van der Waals surface area contributed by atoms with E-state index in [4.69, 9.17) is 4.42 Å². The summed E-state index contributed by atoms with van der Waals surface area (Å²) in [5, 5.41) is 5.87. The van der Waals surface area contributed by atoms with Crippen molar-refractivity contribution in [2.24, 2.45) is 5.92 Å². The third-order valence-corrected chi connectivity index (χ3v) is 5.53. The molecule has 2 atom stereocenters. The molecule has 3 heteroatoms. The number of benzene rings is 2. The van der Waals surface area contributed by atoms with Crippen LogP contribution in [0.5, 0.6) is 0 Å². The largest absolute Gasteiger partial charge is 0.423 e. The van der Waals surface area contributed by atoms with Crippen molar-refractivity contribution in [3.05, 3.63) is 58.4 Å². The molecule has 1 aliphatic carbocycles. The predicted octanol–water partition coefficient (Wildman–Crippen LogP) is 3.59. The first kappa shape index (κ1) is 15.4. The summed E-state index contributed by atoms with van der Waals surface area (Å²) < 4.78 is 5.45. The number of fused-ring (bicyclic) bond motifs is 3. The van der Waals surface area contributed by atoms with Gasteiger partial charge < -0.3 is 9.73 Å². The molecule has 0 amide bonds. The number of quaternary nitrogens is 1. The van der Waals surface area contributed by atoms with E-state index >= 15 is 0 Å². The summed E-state index contributed by atoms with van der Waals surface area (Å²) in [5.41, 5.74) is 1.54. The maximum absolute atomic E-state index is 12.0. The van der Waals surface area contributed by atoms with Gasteiger partial charge in [-0.15, -0.1) is 0 Å². The summed E-state index contributed by atoms with van der Waals surface area (Å²) in [4.78, 5) is 12.0. The van der Waals surface area contributed by atoms with Crippen LogP contribution in [0.2, 0.25) is 0 Å². The SMILES string of the molecule is C[C@H]1CCCC[C@H]1[NH2+]Cc1cc(=O)oc2ccc3ccccc3c12. The van der Waals surface area contributed by atoms with E-state index in [1.54, 1.807) is 6.07 Å². The van der Waals surface area contributed by atoms with Crippen molar-refractivity contribution in [3.8, 4) is 0 Å². The molecule has 0 aliphatic heterocycles. The zero-order chi connectivity index (χ0) is 16.5. The standard InChI is InChI=1S/C21H23NO2/c1-14-6-2-5-9-18(14)22-13-16-12-20(23)24-19-11-10-15-7-3-4-8-17(15)21(16)19/h3-4,7-8,10-12,14,18,22H,2,5-6,9,13H2,1H3/p+1/t14-,18+/m0/s1. The second kappa shape index (κ2) is 6.40. The highest BCUT2D eigenvalue weighted by Gasteiger charge is 2.24. The van der Waals surface area contributed by atoms with Gasteiger partial charge in [-0.2, -0.15) is 0 Å². The van der Waals surface area contributed by atoms with E-state index in [0.29, 0.717) is 11.6 Å². The first-order valence-corrected chi connectivity index (χ1v) is 9.00. The van der Waals surface area contributed by atoms with Gasteiger partial charge in [-0.25, -0.2) is 4.79 Å². The fourth-order valence-corrected chi connectivity index (χ4v) is 4.15. The fourth-order valence-electron chi connectivity index (χ4n) is 4.15. The van der Waals surface area contributed by atoms with Crippen LogP contribution in [0.25, 0.3) is 21.7 Å².